The third-order valence-corrected chi connectivity index (χ3v) is 5.93. The average Bonchev–Trinajstić information content (AvgIpc) is 3.16. The van der Waals surface area contributed by atoms with Gasteiger partial charge in [0.1, 0.15) is 7.05 Å². The molecule has 1 nitrogen and oxygen atoms in total. The maximum Gasteiger partial charge on any atom is 0.220 e. The molecule has 0 aliphatic heterocycles. The van der Waals surface area contributed by atoms with Gasteiger partial charge in [0, 0.05) is 18.5 Å². The minimum atomic E-state index is 0.635. The molecule has 1 aliphatic carbocycles. The fourth-order valence-corrected chi connectivity index (χ4v) is 4.32. The first-order chi connectivity index (χ1) is 12.5. The molecule has 0 spiro atoms. The van der Waals surface area contributed by atoms with E-state index in [0.29, 0.717) is 12.0 Å². The highest BCUT2D eigenvalue weighted by Crippen LogP contribution is 2.37. The number of nitrogens with zero attached hydrogens (tertiary/aromatic N) is 1. The highest BCUT2D eigenvalue weighted by Gasteiger charge is 2.23. The van der Waals surface area contributed by atoms with Gasteiger partial charge < -0.3 is 0 Å². The van der Waals surface area contributed by atoms with Crippen LogP contribution in [0, 0.1) is 20.8 Å². The monoisotopic (exact) mass is 331 g/mol. The molecule has 0 N–H and O–H groups in total. The summed E-state index contributed by atoms with van der Waals surface area (Å²) in [5, 5.41) is 2.24. The van der Waals surface area contributed by atoms with Crippen molar-refractivity contribution in [2.45, 2.75) is 52.4 Å². The van der Waals surface area contributed by atoms with Gasteiger partial charge in [0.15, 0.2) is 5.69 Å². The normalized spacial score (nSPS) is 15.8. The second kappa shape index (κ2) is 6.29. The van der Waals surface area contributed by atoms with E-state index in [9.17, 15) is 0 Å². The van der Waals surface area contributed by atoms with Crippen molar-refractivity contribution in [1.29, 1.82) is 0 Å². The molecule has 1 aromatic heterocycles. The van der Waals surface area contributed by atoms with E-state index in [2.05, 4.69) is 68.8 Å². The summed E-state index contributed by atoms with van der Waals surface area (Å²) in [7, 11) is 2.10. The number of hydrogen-bond acceptors (Lipinski definition) is 0. The van der Waals surface area contributed by atoms with Crippen LogP contribution in [0.1, 0.15) is 55.4 Å². The predicted molar refractivity (Wildman–Crippen MR) is 106 cm³/mol. The van der Waals surface area contributed by atoms with Crippen LogP contribution >= 0.6 is 0 Å². The lowest BCUT2D eigenvalue weighted by molar-refractivity contribution is -0.665. The van der Waals surface area contributed by atoms with Crippen LogP contribution in [0.3, 0.4) is 0 Å². The molecular weight excluding hydrogens is 302 g/mol. The van der Waals surface area contributed by atoms with Crippen LogP contribution in [-0.2, 0) is 7.05 Å². The summed E-state index contributed by atoms with van der Waals surface area (Å²) in [4.78, 5) is 0. The first-order valence-electron chi connectivity index (χ1n) is 9.98. The Balaban J connectivity index is 2.02. The summed E-state index contributed by atoms with van der Waals surface area (Å²) in [5.74, 6) is 0.712. The average molecular weight is 332 g/mol. The van der Waals surface area contributed by atoms with Crippen molar-refractivity contribution in [3.63, 3.8) is 0 Å². The smallest absolute Gasteiger partial charge is 0.198 e. The zero-order valence-corrected chi connectivity index (χ0v) is 15.8. The predicted octanol–water partition coefficient (Wildman–Crippen LogP) is 5.91. The molecule has 128 valence electrons. The molecular formula is C24H28N+. The Hall–Kier alpha value is -2.15. The molecule has 0 radical (unpaired) electrons. The van der Waals surface area contributed by atoms with Gasteiger partial charge in [0.05, 0.1) is 6.76 Å². The van der Waals surface area contributed by atoms with Gasteiger partial charge in [-0.2, -0.15) is 4.57 Å². The lowest BCUT2D eigenvalue weighted by Crippen LogP contribution is -2.35. The van der Waals surface area contributed by atoms with Gasteiger partial charge >= 0.3 is 0 Å². The Morgan fingerprint density at radius 2 is 1.76 bits per heavy atom. The quantitative estimate of drug-likeness (QED) is 0.514. The number of hydrogen-bond donors (Lipinski definition) is 0. The Morgan fingerprint density at radius 1 is 1.00 bits per heavy atom. The molecule has 1 saturated carbocycles. The van der Waals surface area contributed by atoms with Gasteiger partial charge in [-0.05, 0) is 61.3 Å². The molecule has 0 atom stereocenters. The molecule has 3 aromatic rings. The number of benzene rings is 2. The maximum absolute atomic E-state index is 8.57. The summed E-state index contributed by atoms with van der Waals surface area (Å²) in [6.45, 7) is 6.40. The van der Waals surface area contributed by atoms with Crippen molar-refractivity contribution in [3.05, 3.63) is 64.8 Å². The lowest BCUT2D eigenvalue weighted by Gasteiger charge is -2.15. The van der Waals surface area contributed by atoms with Crippen molar-refractivity contribution in [3.8, 4) is 11.3 Å². The molecule has 0 saturated heterocycles. The number of rotatable bonds is 2. The third kappa shape index (κ3) is 2.86. The summed E-state index contributed by atoms with van der Waals surface area (Å²) in [6.07, 6.45) is 5.35. The molecule has 0 amide bonds. The topological polar surface area (TPSA) is 3.88 Å². The summed E-state index contributed by atoms with van der Waals surface area (Å²) in [6, 6.07) is 14.1. The van der Waals surface area contributed by atoms with Crippen LogP contribution in [0.5, 0.6) is 0 Å². The second-order valence-corrected chi connectivity index (χ2v) is 7.72. The number of aromatic nitrogens is 1. The zero-order chi connectivity index (χ0) is 18.4. The standard InChI is InChI=1S/C24H28N/c1-16-9-11-21-14-18(3)25(4)24(23(21)13-16)22-15-20(12-10-17(22)2)19-7-5-6-8-19/h9-15,19H,5-8H2,1-4H3/q+1/i14D. The lowest BCUT2D eigenvalue weighted by atomic mass is 9.91. The number of aryl methyl sites for hydroxylation is 2. The summed E-state index contributed by atoms with van der Waals surface area (Å²) in [5.41, 5.74) is 7.61. The van der Waals surface area contributed by atoms with Crippen LogP contribution in [0.4, 0.5) is 0 Å². The van der Waals surface area contributed by atoms with Crippen molar-refractivity contribution >= 4 is 10.8 Å². The van der Waals surface area contributed by atoms with E-state index in [4.69, 9.17) is 1.37 Å². The summed E-state index contributed by atoms with van der Waals surface area (Å²) < 4.78 is 10.8. The highest BCUT2D eigenvalue weighted by atomic mass is 14.9. The van der Waals surface area contributed by atoms with Gasteiger partial charge in [0.25, 0.3) is 0 Å². The van der Waals surface area contributed by atoms with Crippen LogP contribution in [0.15, 0.2) is 42.4 Å². The Kier molecular flexibility index (Phi) is 3.81. The molecule has 25 heavy (non-hydrogen) atoms. The molecule has 1 heterocycles. The van der Waals surface area contributed by atoms with E-state index in [-0.39, 0.29) is 0 Å². The van der Waals surface area contributed by atoms with Gasteiger partial charge in [-0.15, -0.1) is 0 Å². The second-order valence-electron chi connectivity index (χ2n) is 7.72. The zero-order valence-electron chi connectivity index (χ0n) is 16.8. The van der Waals surface area contributed by atoms with Crippen LogP contribution < -0.4 is 4.57 Å². The minimum Gasteiger partial charge on any atom is -0.198 e. The van der Waals surface area contributed by atoms with Crippen LogP contribution in [0.2, 0.25) is 0 Å². The van der Waals surface area contributed by atoms with E-state index in [0.717, 1.165) is 11.1 Å². The van der Waals surface area contributed by atoms with Gasteiger partial charge in [-0.25, -0.2) is 0 Å². The van der Waals surface area contributed by atoms with E-state index >= 15 is 0 Å². The van der Waals surface area contributed by atoms with E-state index in [1.807, 2.05) is 0 Å². The van der Waals surface area contributed by atoms with E-state index in [1.165, 1.54) is 59.0 Å². The van der Waals surface area contributed by atoms with Crippen LogP contribution in [0.25, 0.3) is 22.0 Å². The fraction of sp³-hybridized carbons (Fsp3) is 0.375. The van der Waals surface area contributed by atoms with Gasteiger partial charge in [-0.3, -0.25) is 0 Å². The fourth-order valence-electron chi connectivity index (χ4n) is 4.32. The van der Waals surface area contributed by atoms with Gasteiger partial charge in [0.2, 0.25) is 5.69 Å². The first-order valence-corrected chi connectivity index (χ1v) is 9.48. The number of pyridine rings is 1. The van der Waals surface area contributed by atoms with Crippen molar-refractivity contribution in [2.24, 2.45) is 7.05 Å². The van der Waals surface area contributed by atoms with E-state index < -0.39 is 0 Å². The van der Waals surface area contributed by atoms with E-state index in [1.54, 1.807) is 0 Å². The summed E-state index contributed by atoms with van der Waals surface area (Å²) >= 11 is 0. The Labute approximate surface area is 152 Å². The molecule has 4 rings (SSSR count). The first kappa shape index (κ1) is 15.1. The molecule has 2 aromatic carbocycles. The maximum atomic E-state index is 8.57. The number of fused-ring (bicyclic) bond motifs is 1. The van der Waals surface area contributed by atoms with Gasteiger partial charge in [-0.1, -0.05) is 42.7 Å². The Bertz CT molecular complexity index is 997. The highest BCUT2D eigenvalue weighted by molar-refractivity contribution is 5.94. The molecule has 0 unspecified atom stereocenters. The van der Waals surface area contributed by atoms with Crippen molar-refractivity contribution < 1.29 is 5.94 Å². The third-order valence-electron chi connectivity index (χ3n) is 5.93. The Morgan fingerprint density at radius 3 is 2.52 bits per heavy atom. The minimum absolute atomic E-state index is 0.635. The molecule has 1 fully saturated rings. The molecule has 1 aliphatic rings. The van der Waals surface area contributed by atoms with Crippen LogP contribution in [-0.4, -0.2) is 0 Å². The largest absolute Gasteiger partial charge is 0.220 e. The van der Waals surface area contributed by atoms with Crippen molar-refractivity contribution in [1.82, 2.24) is 0 Å². The van der Waals surface area contributed by atoms with Crippen molar-refractivity contribution in [2.75, 3.05) is 0 Å². The molecule has 0 bridgehead atoms. The SMILES string of the molecule is [2H]c1c(C)[n+](C)c(-c2cc(C3CCCC3)ccc2C)c2cc(C)ccc12. The molecule has 1 heteroatoms.